The Morgan fingerprint density at radius 3 is 2.20 bits per heavy atom. The lowest BCUT2D eigenvalue weighted by molar-refractivity contribution is -0.384. The summed E-state index contributed by atoms with van der Waals surface area (Å²) >= 11 is 0. The van der Waals surface area contributed by atoms with Crippen molar-refractivity contribution in [3.63, 3.8) is 0 Å². The lowest BCUT2D eigenvalue weighted by atomic mass is 10.1. The SMILES string of the molecule is CCOC(=O)c1ccc([N+](=O)[O-])c(N(Cc2ccccc2CS(=O)(=O)c2ccccc2)C(C)=O)c1. The van der Waals surface area contributed by atoms with Gasteiger partial charge in [-0.3, -0.25) is 14.9 Å². The summed E-state index contributed by atoms with van der Waals surface area (Å²) in [5.74, 6) is -1.51. The van der Waals surface area contributed by atoms with E-state index in [0.717, 1.165) is 11.0 Å². The highest BCUT2D eigenvalue weighted by atomic mass is 32.2. The van der Waals surface area contributed by atoms with Crippen molar-refractivity contribution >= 4 is 33.1 Å². The molecule has 1 amide bonds. The van der Waals surface area contributed by atoms with Gasteiger partial charge >= 0.3 is 5.97 Å². The number of nitrogens with zero attached hydrogens (tertiary/aromatic N) is 2. The van der Waals surface area contributed by atoms with Crippen LogP contribution < -0.4 is 4.90 Å². The summed E-state index contributed by atoms with van der Waals surface area (Å²) in [5, 5.41) is 11.7. The Morgan fingerprint density at radius 2 is 1.60 bits per heavy atom. The molecule has 0 unspecified atom stereocenters. The van der Waals surface area contributed by atoms with Crippen molar-refractivity contribution in [3.8, 4) is 0 Å². The molecule has 10 heteroatoms. The largest absolute Gasteiger partial charge is 0.462 e. The van der Waals surface area contributed by atoms with Gasteiger partial charge in [0.1, 0.15) is 5.69 Å². The van der Waals surface area contributed by atoms with Crippen molar-refractivity contribution in [2.75, 3.05) is 11.5 Å². The Bertz CT molecular complexity index is 1360. The molecule has 0 aliphatic heterocycles. The fraction of sp³-hybridized carbons (Fsp3) is 0.200. The van der Waals surface area contributed by atoms with E-state index in [4.69, 9.17) is 4.74 Å². The molecule has 0 aliphatic rings. The molecule has 0 fully saturated rings. The Balaban J connectivity index is 2.03. The minimum absolute atomic E-state index is 0.0543. The first-order valence-electron chi connectivity index (χ1n) is 10.7. The van der Waals surface area contributed by atoms with E-state index in [1.54, 1.807) is 49.4 Å². The van der Waals surface area contributed by atoms with Crippen LogP contribution in [0.1, 0.15) is 35.3 Å². The fourth-order valence-corrected chi connectivity index (χ4v) is 4.97. The van der Waals surface area contributed by atoms with E-state index in [0.29, 0.717) is 11.1 Å². The van der Waals surface area contributed by atoms with E-state index in [1.165, 1.54) is 31.2 Å². The number of sulfone groups is 1. The Hall–Kier alpha value is -4.05. The lowest BCUT2D eigenvalue weighted by Gasteiger charge is -2.23. The Labute approximate surface area is 203 Å². The quantitative estimate of drug-likeness (QED) is 0.246. The normalized spacial score (nSPS) is 11.0. The molecule has 3 rings (SSSR count). The summed E-state index contributed by atoms with van der Waals surface area (Å²) in [6.07, 6.45) is 0. The lowest BCUT2D eigenvalue weighted by Crippen LogP contribution is -2.29. The third kappa shape index (κ3) is 6.10. The molecular weight excluding hydrogens is 472 g/mol. The molecule has 0 N–H and O–H groups in total. The first-order valence-corrected chi connectivity index (χ1v) is 12.4. The average Bonchev–Trinajstić information content (AvgIpc) is 2.83. The number of benzene rings is 3. The predicted octanol–water partition coefficient (Wildman–Crippen LogP) is 4.30. The van der Waals surface area contributed by atoms with Crippen LogP contribution in [0.4, 0.5) is 11.4 Å². The van der Waals surface area contributed by atoms with E-state index in [1.807, 2.05) is 0 Å². The molecule has 0 radical (unpaired) electrons. The molecule has 182 valence electrons. The number of nitro groups is 1. The molecule has 0 saturated carbocycles. The van der Waals surface area contributed by atoms with E-state index in [-0.39, 0.29) is 40.7 Å². The first-order chi connectivity index (χ1) is 16.6. The number of carbonyl (C=O) groups excluding carboxylic acids is 2. The van der Waals surface area contributed by atoms with Crippen LogP contribution in [0.15, 0.2) is 77.7 Å². The second-order valence-corrected chi connectivity index (χ2v) is 9.62. The molecule has 35 heavy (non-hydrogen) atoms. The number of hydrogen-bond donors (Lipinski definition) is 0. The molecule has 0 bridgehead atoms. The summed E-state index contributed by atoms with van der Waals surface area (Å²) in [6.45, 7) is 2.85. The Morgan fingerprint density at radius 1 is 0.971 bits per heavy atom. The van der Waals surface area contributed by atoms with Crippen molar-refractivity contribution in [1.82, 2.24) is 0 Å². The molecule has 0 atom stereocenters. The number of amides is 1. The minimum atomic E-state index is -3.68. The van der Waals surface area contributed by atoms with Crippen LogP contribution in [0, 0.1) is 10.1 Å². The van der Waals surface area contributed by atoms with Crippen molar-refractivity contribution in [2.24, 2.45) is 0 Å². The maximum Gasteiger partial charge on any atom is 0.338 e. The number of hydrogen-bond acceptors (Lipinski definition) is 7. The second-order valence-electron chi connectivity index (χ2n) is 7.63. The monoisotopic (exact) mass is 496 g/mol. The fourth-order valence-electron chi connectivity index (χ4n) is 3.54. The highest BCUT2D eigenvalue weighted by molar-refractivity contribution is 7.90. The molecule has 0 spiro atoms. The zero-order valence-electron chi connectivity index (χ0n) is 19.2. The van der Waals surface area contributed by atoms with Crippen molar-refractivity contribution < 1.29 is 27.7 Å². The zero-order valence-corrected chi connectivity index (χ0v) is 20.0. The standard InChI is InChI=1S/C25H24N2O7S/c1-3-34-25(29)19-13-14-23(27(30)31)24(15-19)26(18(2)28)16-20-9-7-8-10-21(20)17-35(32,33)22-11-5-4-6-12-22/h4-15H,3,16-17H2,1-2H3. The maximum absolute atomic E-state index is 12.9. The van der Waals surface area contributed by atoms with Crippen molar-refractivity contribution in [3.05, 3.63) is 99.6 Å². The van der Waals surface area contributed by atoms with Crippen LogP contribution in [0.3, 0.4) is 0 Å². The number of carbonyl (C=O) groups is 2. The molecular formula is C25H24N2O7S. The first kappa shape index (κ1) is 25.6. The number of ether oxygens (including phenoxy) is 1. The summed E-state index contributed by atoms with van der Waals surface area (Å²) in [6, 6.07) is 18.3. The van der Waals surface area contributed by atoms with E-state index in [9.17, 15) is 28.1 Å². The summed E-state index contributed by atoms with van der Waals surface area (Å²) in [5.41, 5.74) is 0.542. The van der Waals surface area contributed by atoms with Crippen LogP contribution in [0.5, 0.6) is 0 Å². The maximum atomic E-state index is 12.9. The number of anilines is 1. The van der Waals surface area contributed by atoms with Crippen molar-refractivity contribution in [2.45, 2.75) is 31.0 Å². The highest BCUT2D eigenvalue weighted by Crippen LogP contribution is 2.32. The smallest absolute Gasteiger partial charge is 0.338 e. The second kappa shape index (κ2) is 10.9. The van der Waals surface area contributed by atoms with Gasteiger partial charge in [0.05, 0.1) is 34.3 Å². The van der Waals surface area contributed by atoms with Crippen molar-refractivity contribution in [1.29, 1.82) is 0 Å². The number of esters is 1. The molecule has 3 aromatic carbocycles. The van der Waals surface area contributed by atoms with Crippen LogP contribution in [0.2, 0.25) is 0 Å². The summed E-state index contributed by atoms with van der Waals surface area (Å²) < 4.78 is 30.9. The van der Waals surface area contributed by atoms with Crippen LogP contribution >= 0.6 is 0 Å². The topological polar surface area (TPSA) is 124 Å². The van der Waals surface area contributed by atoms with Gasteiger partial charge in [0.15, 0.2) is 9.84 Å². The molecule has 3 aromatic rings. The van der Waals surface area contributed by atoms with Crippen LogP contribution in [-0.4, -0.2) is 31.8 Å². The minimum Gasteiger partial charge on any atom is -0.462 e. The van der Waals surface area contributed by atoms with E-state index >= 15 is 0 Å². The third-order valence-electron chi connectivity index (χ3n) is 5.25. The number of rotatable bonds is 9. The van der Waals surface area contributed by atoms with Gasteiger partial charge in [0, 0.05) is 13.0 Å². The molecule has 0 aromatic heterocycles. The van der Waals surface area contributed by atoms with E-state index in [2.05, 4.69) is 0 Å². The van der Waals surface area contributed by atoms with Gasteiger partial charge in [0.25, 0.3) is 5.69 Å². The summed E-state index contributed by atoms with van der Waals surface area (Å²) in [7, 11) is -3.68. The highest BCUT2D eigenvalue weighted by Gasteiger charge is 2.26. The van der Waals surface area contributed by atoms with Gasteiger partial charge in [-0.15, -0.1) is 0 Å². The van der Waals surface area contributed by atoms with Gasteiger partial charge in [-0.25, -0.2) is 13.2 Å². The Kier molecular flexibility index (Phi) is 7.98. The summed E-state index contributed by atoms with van der Waals surface area (Å²) in [4.78, 5) is 37.2. The molecule has 9 nitrogen and oxygen atoms in total. The predicted molar refractivity (Wildman–Crippen MR) is 130 cm³/mol. The van der Waals surface area contributed by atoms with Gasteiger partial charge in [0.2, 0.25) is 5.91 Å². The zero-order chi connectivity index (χ0) is 25.6. The van der Waals surface area contributed by atoms with Crippen LogP contribution in [-0.2, 0) is 31.7 Å². The van der Waals surface area contributed by atoms with Gasteiger partial charge in [-0.05, 0) is 42.3 Å². The molecule has 0 aliphatic carbocycles. The number of nitro benzene ring substituents is 1. The van der Waals surface area contributed by atoms with Crippen LogP contribution in [0.25, 0.3) is 0 Å². The molecule has 0 heterocycles. The average molecular weight is 497 g/mol. The van der Waals surface area contributed by atoms with Gasteiger partial charge < -0.3 is 9.64 Å². The molecule has 0 saturated heterocycles. The third-order valence-corrected chi connectivity index (χ3v) is 6.93. The van der Waals surface area contributed by atoms with E-state index < -0.39 is 26.6 Å². The van der Waals surface area contributed by atoms with Gasteiger partial charge in [-0.1, -0.05) is 42.5 Å². The van der Waals surface area contributed by atoms with Gasteiger partial charge in [-0.2, -0.15) is 0 Å².